The van der Waals surface area contributed by atoms with E-state index in [0.717, 1.165) is 28.5 Å². The van der Waals surface area contributed by atoms with Crippen LogP contribution in [0.1, 0.15) is 42.5 Å². The maximum Gasteiger partial charge on any atom is 0.343 e. The van der Waals surface area contributed by atoms with Crippen molar-refractivity contribution in [2.24, 2.45) is 0 Å². The van der Waals surface area contributed by atoms with Gasteiger partial charge in [0.05, 0.1) is 28.9 Å². The smallest absolute Gasteiger partial charge is 0.343 e. The Morgan fingerprint density at radius 3 is 2.79 bits per heavy atom. The second kappa shape index (κ2) is 5.90. The Kier molecular flexibility index (Phi) is 3.64. The van der Waals surface area contributed by atoms with Crippen LogP contribution in [0.25, 0.3) is 22.3 Å². The summed E-state index contributed by atoms with van der Waals surface area (Å²) in [7, 11) is 0. The van der Waals surface area contributed by atoms with Crippen LogP contribution in [-0.2, 0) is 34.7 Å². The molecule has 5 rings (SSSR count). The molecular formula is C22H20N2O5. The van der Waals surface area contributed by atoms with Crippen molar-refractivity contribution in [3.05, 3.63) is 56.9 Å². The van der Waals surface area contributed by atoms with Crippen LogP contribution in [0.5, 0.6) is 5.75 Å². The van der Waals surface area contributed by atoms with Crippen LogP contribution in [-0.4, -0.2) is 25.7 Å². The fraction of sp³-hybridized carbons (Fsp3) is 0.318. The molecule has 0 spiro atoms. The van der Waals surface area contributed by atoms with E-state index in [0.29, 0.717) is 5.69 Å². The summed E-state index contributed by atoms with van der Waals surface area (Å²) in [6.07, 6.45) is 0.779. The molecule has 0 saturated heterocycles. The molecule has 0 unspecified atom stereocenters. The molecule has 2 aliphatic heterocycles. The van der Waals surface area contributed by atoms with Crippen LogP contribution in [0.4, 0.5) is 0 Å². The Balaban J connectivity index is 1.86. The summed E-state index contributed by atoms with van der Waals surface area (Å²) in [4.78, 5) is 30.2. The zero-order valence-electron chi connectivity index (χ0n) is 16.2. The van der Waals surface area contributed by atoms with Gasteiger partial charge in [0.2, 0.25) is 0 Å². The summed E-state index contributed by atoms with van der Waals surface area (Å²) in [5.41, 5.74) is 1.08. The molecule has 0 fully saturated rings. The lowest BCUT2D eigenvalue weighted by Gasteiger charge is -2.32. The van der Waals surface area contributed by atoms with Crippen molar-refractivity contribution in [2.75, 3.05) is 0 Å². The van der Waals surface area contributed by atoms with E-state index >= 15 is 0 Å². The molecule has 2 aromatic heterocycles. The molecular weight excluding hydrogens is 372 g/mol. The lowest BCUT2D eigenvalue weighted by Crippen LogP contribution is -2.44. The second-order valence-electron chi connectivity index (χ2n) is 7.57. The van der Waals surface area contributed by atoms with E-state index in [2.05, 4.69) is 0 Å². The Bertz CT molecular complexity index is 1280. The van der Waals surface area contributed by atoms with E-state index in [4.69, 9.17) is 9.72 Å². The number of carbonyl (C=O) groups excluding carboxylic acids is 1. The largest absolute Gasteiger partial charge is 0.505 e. The maximum absolute atomic E-state index is 13.2. The Morgan fingerprint density at radius 2 is 2.07 bits per heavy atom. The number of aromatic hydroxyl groups is 1. The predicted octanol–water partition coefficient (Wildman–Crippen LogP) is 2.35. The summed E-state index contributed by atoms with van der Waals surface area (Å²) < 4.78 is 6.50. The van der Waals surface area contributed by atoms with Crippen molar-refractivity contribution < 1.29 is 19.7 Å². The number of cyclic esters (lactones) is 1. The lowest BCUT2D eigenvalue weighted by molar-refractivity contribution is -0.172. The van der Waals surface area contributed by atoms with E-state index in [1.807, 2.05) is 31.2 Å². The third kappa shape index (κ3) is 2.19. The number of fused-ring (bicyclic) bond motifs is 5. The highest BCUT2D eigenvalue weighted by Gasteiger charge is 2.48. The standard InChI is InChI=1S/C22H20N2O5/c1-3-11-6-5-7-12-8-13-9-24-18(17(13)23-16(11)12)19(25)15-14(20(24)26)10-29-21(27)22(15,28)4-2/h5-8,25,28H,3-4,9-10H2,1-2H3/t22-/m0/s1. The summed E-state index contributed by atoms with van der Waals surface area (Å²) in [6.45, 7) is 3.65. The molecule has 0 amide bonds. The van der Waals surface area contributed by atoms with Gasteiger partial charge in [-0.15, -0.1) is 0 Å². The Labute approximate surface area is 166 Å². The molecule has 0 saturated carbocycles. The van der Waals surface area contributed by atoms with Crippen molar-refractivity contribution >= 4 is 16.9 Å². The number of aromatic nitrogens is 2. The lowest BCUT2D eigenvalue weighted by atomic mass is 9.85. The van der Waals surface area contributed by atoms with Crippen molar-refractivity contribution in [1.29, 1.82) is 0 Å². The minimum Gasteiger partial charge on any atom is -0.505 e. The van der Waals surface area contributed by atoms with Gasteiger partial charge in [0.25, 0.3) is 5.56 Å². The molecule has 2 aliphatic rings. The van der Waals surface area contributed by atoms with Gasteiger partial charge in [0, 0.05) is 10.9 Å². The number of benzene rings is 1. The van der Waals surface area contributed by atoms with Crippen molar-refractivity contribution in [3.63, 3.8) is 0 Å². The van der Waals surface area contributed by atoms with Gasteiger partial charge in [0.1, 0.15) is 18.1 Å². The fourth-order valence-electron chi connectivity index (χ4n) is 4.50. The van der Waals surface area contributed by atoms with E-state index in [1.54, 1.807) is 6.92 Å². The molecule has 148 valence electrons. The molecule has 4 heterocycles. The Hall–Kier alpha value is -3.19. The first-order valence-corrected chi connectivity index (χ1v) is 9.71. The fourth-order valence-corrected chi connectivity index (χ4v) is 4.50. The monoisotopic (exact) mass is 392 g/mol. The van der Waals surface area contributed by atoms with Gasteiger partial charge in [0.15, 0.2) is 5.60 Å². The number of aliphatic hydroxyl groups is 1. The maximum atomic E-state index is 13.2. The van der Waals surface area contributed by atoms with Crippen molar-refractivity contribution in [3.8, 4) is 17.1 Å². The number of aryl methyl sites for hydroxylation is 1. The molecule has 29 heavy (non-hydrogen) atoms. The highest BCUT2D eigenvalue weighted by Crippen LogP contribution is 2.46. The topological polar surface area (TPSA) is 102 Å². The van der Waals surface area contributed by atoms with E-state index in [1.165, 1.54) is 4.57 Å². The van der Waals surface area contributed by atoms with Crippen LogP contribution in [0.15, 0.2) is 29.1 Å². The average molecular weight is 392 g/mol. The van der Waals surface area contributed by atoms with Gasteiger partial charge in [-0.3, -0.25) is 9.36 Å². The number of nitrogens with zero attached hydrogens (tertiary/aromatic N) is 2. The normalized spacial score (nSPS) is 19.6. The van der Waals surface area contributed by atoms with Gasteiger partial charge in [-0.05, 0) is 24.5 Å². The van der Waals surface area contributed by atoms with Gasteiger partial charge < -0.3 is 14.9 Å². The number of pyridine rings is 2. The van der Waals surface area contributed by atoms with Gasteiger partial charge in [-0.1, -0.05) is 32.0 Å². The SMILES string of the molecule is CCc1cccc2cc3c(nc12)-c1c(O)c2c(c(=O)n1C3)COC(=O)[C@]2(O)CC. The number of para-hydroxylation sites is 1. The molecule has 0 bridgehead atoms. The predicted molar refractivity (Wildman–Crippen MR) is 106 cm³/mol. The van der Waals surface area contributed by atoms with Gasteiger partial charge in [-0.25, -0.2) is 9.78 Å². The molecule has 2 N–H and O–H groups in total. The van der Waals surface area contributed by atoms with Crippen LogP contribution < -0.4 is 5.56 Å². The molecule has 0 aliphatic carbocycles. The van der Waals surface area contributed by atoms with Crippen molar-refractivity contribution in [2.45, 2.75) is 45.4 Å². The first-order valence-electron chi connectivity index (χ1n) is 9.71. The van der Waals surface area contributed by atoms with Crippen LogP contribution >= 0.6 is 0 Å². The molecule has 7 heteroatoms. The highest BCUT2D eigenvalue weighted by atomic mass is 16.6. The zero-order chi connectivity index (χ0) is 20.5. The van der Waals surface area contributed by atoms with E-state index in [-0.39, 0.29) is 47.7 Å². The molecule has 7 nitrogen and oxygen atoms in total. The minimum absolute atomic E-state index is 0.0206. The van der Waals surface area contributed by atoms with E-state index < -0.39 is 11.6 Å². The van der Waals surface area contributed by atoms with Crippen LogP contribution in [0.2, 0.25) is 0 Å². The zero-order valence-corrected chi connectivity index (χ0v) is 16.2. The number of esters is 1. The summed E-state index contributed by atoms with van der Waals surface area (Å²) in [5, 5.41) is 23.0. The van der Waals surface area contributed by atoms with Crippen LogP contribution in [0.3, 0.4) is 0 Å². The molecule has 0 radical (unpaired) electrons. The number of ether oxygens (including phenoxy) is 1. The first kappa shape index (κ1) is 17.9. The van der Waals surface area contributed by atoms with Crippen LogP contribution in [0, 0.1) is 0 Å². The quantitative estimate of drug-likeness (QED) is 0.508. The molecule has 1 atom stereocenters. The molecule has 3 aromatic rings. The van der Waals surface area contributed by atoms with Gasteiger partial charge >= 0.3 is 5.97 Å². The number of rotatable bonds is 2. The summed E-state index contributed by atoms with van der Waals surface area (Å²) in [5.74, 6) is -1.13. The third-order valence-electron chi connectivity index (χ3n) is 6.09. The number of carbonyl (C=O) groups is 1. The van der Waals surface area contributed by atoms with Crippen molar-refractivity contribution in [1.82, 2.24) is 9.55 Å². The number of hydrogen-bond acceptors (Lipinski definition) is 6. The van der Waals surface area contributed by atoms with E-state index in [9.17, 15) is 19.8 Å². The average Bonchev–Trinajstić information content (AvgIpc) is 3.10. The summed E-state index contributed by atoms with van der Waals surface area (Å²) >= 11 is 0. The summed E-state index contributed by atoms with van der Waals surface area (Å²) in [6, 6.07) is 7.93. The molecule has 1 aromatic carbocycles. The highest BCUT2D eigenvalue weighted by molar-refractivity contribution is 5.89. The Morgan fingerprint density at radius 1 is 1.28 bits per heavy atom. The second-order valence-corrected chi connectivity index (χ2v) is 7.57. The number of hydrogen-bond donors (Lipinski definition) is 2. The first-order chi connectivity index (χ1) is 13.9. The third-order valence-corrected chi connectivity index (χ3v) is 6.09. The minimum atomic E-state index is -2.05. The van der Waals surface area contributed by atoms with Gasteiger partial charge in [-0.2, -0.15) is 0 Å².